The van der Waals surface area contributed by atoms with Crippen LogP contribution < -0.4 is 0 Å². The van der Waals surface area contributed by atoms with Gasteiger partial charge in [-0.3, -0.25) is 23.2 Å². The zero-order valence-electron chi connectivity index (χ0n) is 36.0. The fourth-order valence-electron chi connectivity index (χ4n) is 6.39. The minimum absolute atomic E-state index is 0.00260. The molecule has 1 aliphatic rings. The largest absolute Gasteiger partial charge is 0.472 e. The summed E-state index contributed by atoms with van der Waals surface area (Å²) in [6.45, 7) is 3.60. The van der Waals surface area contributed by atoms with Crippen LogP contribution in [0.5, 0.6) is 0 Å². The zero-order valence-corrected chi connectivity index (χ0v) is 37.8. The number of allylic oxidation sites excluding steroid dienone is 2. The van der Waals surface area contributed by atoms with Crippen molar-refractivity contribution in [2.24, 2.45) is 11.8 Å². The molecule has 19 heteroatoms. The normalized spacial score (nSPS) is 21.3. The molecule has 60 heavy (non-hydrogen) atoms. The lowest BCUT2D eigenvalue weighted by molar-refractivity contribution is -0.199. The Morgan fingerprint density at radius 3 is 2.00 bits per heavy atom. The number of phosphoric acid groups is 2. The van der Waals surface area contributed by atoms with Gasteiger partial charge in [-0.25, -0.2) is 9.13 Å². The van der Waals surface area contributed by atoms with Crippen LogP contribution in [0.3, 0.4) is 0 Å². The second kappa shape index (κ2) is 33.0. The van der Waals surface area contributed by atoms with Gasteiger partial charge in [0.1, 0.15) is 12.7 Å². The molecule has 352 valence electrons. The molecular weight excluding hydrogens is 826 g/mol. The quantitative estimate of drug-likeness (QED) is 0.0149. The molecule has 0 amide bonds. The molecule has 0 aliphatic carbocycles. The van der Waals surface area contributed by atoms with E-state index in [0.29, 0.717) is 32.1 Å². The molecular formula is C41H76O17P2. The number of hydrogen-bond donors (Lipinski definition) is 7. The van der Waals surface area contributed by atoms with Crippen molar-refractivity contribution in [1.29, 1.82) is 0 Å². The van der Waals surface area contributed by atoms with E-state index in [1.54, 1.807) is 12.2 Å². The lowest BCUT2D eigenvalue weighted by Crippen LogP contribution is -2.43. The molecule has 17 nitrogen and oxygen atoms in total. The molecule has 0 spiro atoms. The number of unbranched alkanes of at least 4 members (excludes halogenated alkanes) is 11. The Bertz CT molecular complexity index is 1290. The highest BCUT2D eigenvalue weighted by molar-refractivity contribution is 7.47. The predicted molar refractivity (Wildman–Crippen MR) is 224 cm³/mol. The van der Waals surface area contributed by atoms with E-state index in [1.807, 2.05) is 12.2 Å². The Balaban J connectivity index is 2.61. The van der Waals surface area contributed by atoms with Gasteiger partial charge >= 0.3 is 27.6 Å². The molecule has 8 atom stereocenters. The van der Waals surface area contributed by atoms with Gasteiger partial charge in [0.15, 0.2) is 12.4 Å². The molecule has 0 aromatic rings. The number of ether oxygens (including phenoxy) is 3. The number of rotatable bonds is 36. The molecule has 7 N–H and O–H groups in total. The number of phosphoric ester groups is 2. The summed E-state index contributed by atoms with van der Waals surface area (Å²) in [6, 6.07) is 0. The molecule has 0 radical (unpaired) electrons. The van der Waals surface area contributed by atoms with E-state index in [4.69, 9.17) is 28.5 Å². The zero-order chi connectivity index (χ0) is 44.8. The summed E-state index contributed by atoms with van der Waals surface area (Å²) in [5.74, 6) is -0.844. The summed E-state index contributed by atoms with van der Waals surface area (Å²) in [6.07, 6.45) is 16.7. The first-order chi connectivity index (χ1) is 28.4. The minimum atomic E-state index is -4.90. The maximum absolute atomic E-state index is 12.7. The van der Waals surface area contributed by atoms with Gasteiger partial charge in [0.05, 0.1) is 38.1 Å². The summed E-state index contributed by atoms with van der Waals surface area (Å²) in [5.41, 5.74) is 0. The Hall–Kier alpha value is -1.56. The fourth-order valence-corrected chi connectivity index (χ4v) is 7.55. The number of aliphatic hydroxyl groups is 4. The summed E-state index contributed by atoms with van der Waals surface area (Å²) < 4.78 is 53.4. The average Bonchev–Trinajstić information content (AvgIpc) is 3.17. The SMILES string of the molecule is CCCCC[C@H](O)/C=C/[C@H]1OC(O)C[C@H](O)[C@@H]1C/C=C\CCCC(=O)OC[C@H](COP(=O)(O)OC[C@@H](O)COP(=O)(O)O)OC(=O)CCCCCCCCCCCC(C)C. The lowest BCUT2D eigenvalue weighted by atomic mass is 9.87. The van der Waals surface area contributed by atoms with Crippen LogP contribution >= 0.6 is 15.6 Å². The van der Waals surface area contributed by atoms with Crippen LogP contribution in [-0.2, 0) is 46.5 Å². The van der Waals surface area contributed by atoms with Crippen molar-refractivity contribution in [2.75, 3.05) is 26.4 Å². The topological polar surface area (TPSA) is 265 Å². The van der Waals surface area contributed by atoms with Crippen molar-refractivity contribution in [1.82, 2.24) is 0 Å². The monoisotopic (exact) mass is 902 g/mol. The molecule has 1 saturated heterocycles. The number of esters is 2. The van der Waals surface area contributed by atoms with E-state index in [-0.39, 0.29) is 25.2 Å². The Morgan fingerprint density at radius 1 is 0.750 bits per heavy atom. The third-order valence-electron chi connectivity index (χ3n) is 9.81. The highest BCUT2D eigenvalue weighted by atomic mass is 31.2. The third-order valence-corrected chi connectivity index (χ3v) is 11.2. The van der Waals surface area contributed by atoms with Crippen molar-refractivity contribution in [3.63, 3.8) is 0 Å². The average molecular weight is 903 g/mol. The van der Waals surface area contributed by atoms with E-state index in [0.717, 1.165) is 50.9 Å². The minimum Gasteiger partial charge on any atom is -0.462 e. The summed E-state index contributed by atoms with van der Waals surface area (Å²) in [7, 11) is -9.77. The lowest BCUT2D eigenvalue weighted by Gasteiger charge is -2.36. The van der Waals surface area contributed by atoms with Crippen molar-refractivity contribution in [2.45, 2.75) is 186 Å². The van der Waals surface area contributed by atoms with Crippen LogP contribution in [0.4, 0.5) is 0 Å². The van der Waals surface area contributed by atoms with Crippen molar-refractivity contribution in [3.8, 4) is 0 Å². The summed E-state index contributed by atoms with van der Waals surface area (Å²) >= 11 is 0. The Morgan fingerprint density at radius 2 is 1.35 bits per heavy atom. The van der Waals surface area contributed by atoms with Crippen LogP contribution in [0, 0.1) is 11.8 Å². The van der Waals surface area contributed by atoms with Gasteiger partial charge in [-0.15, -0.1) is 0 Å². The number of carbonyl (C=O) groups excluding carboxylic acids is 2. The molecule has 0 aromatic carbocycles. The van der Waals surface area contributed by atoms with Crippen molar-refractivity contribution < 1.29 is 81.6 Å². The molecule has 2 unspecified atom stereocenters. The van der Waals surface area contributed by atoms with Crippen molar-refractivity contribution >= 4 is 27.6 Å². The van der Waals surface area contributed by atoms with Gasteiger partial charge in [-0.2, -0.15) is 0 Å². The van der Waals surface area contributed by atoms with Gasteiger partial charge in [-0.1, -0.05) is 122 Å². The molecule has 1 rings (SSSR count). The first kappa shape index (κ1) is 56.5. The number of carbonyl (C=O) groups is 2. The molecule has 0 bridgehead atoms. The Kier molecular flexibility index (Phi) is 31.1. The van der Waals surface area contributed by atoms with Crippen LogP contribution in [-0.4, -0.2) is 110 Å². The molecule has 0 saturated carbocycles. The van der Waals surface area contributed by atoms with Gasteiger partial charge in [-0.05, 0) is 38.0 Å². The molecule has 1 fully saturated rings. The Labute approximate surface area is 357 Å². The van der Waals surface area contributed by atoms with E-state index in [1.165, 1.54) is 32.1 Å². The van der Waals surface area contributed by atoms with Gasteiger partial charge in [0.2, 0.25) is 0 Å². The van der Waals surface area contributed by atoms with E-state index in [2.05, 4.69) is 29.8 Å². The molecule has 1 heterocycles. The summed E-state index contributed by atoms with van der Waals surface area (Å²) in [4.78, 5) is 52.9. The number of aliphatic hydroxyl groups excluding tert-OH is 4. The maximum atomic E-state index is 12.7. The molecule has 1 aliphatic heterocycles. The standard InChI is InChI=1S/C41H76O17P2/c1-4-5-15-21-33(42)25-26-38-36(37(44)27-41(47)58-38)22-17-13-14-18-23-39(45)53-30-35(31-56-60(51,52)55-29-34(43)28-54-59(48,49)50)57-40(46)24-19-12-10-8-6-7-9-11-16-20-32(2)3/h13,17,25-26,32-38,41-44,47H,4-12,14-16,18-24,27-31H2,1-3H3,(H,51,52)(H2,48,49,50)/b17-13-,26-25+/t33-,34-,35+,36-,37-,38+,41?/m0/s1. The van der Waals surface area contributed by atoms with E-state index in [9.17, 15) is 44.0 Å². The first-order valence-corrected chi connectivity index (χ1v) is 24.8. The molecule has 0 aromatic heterocycles. The highest BCUT2D eigenvalue weighted by Crippen LogP contribution is 2.44. The predicted octanol–water partition coefficient (Wildman–Crippen LogP) is 6.69. The second-order valence-electron chi connectivity index (χ2n) is 16.0. The first-order valence-electron chi connectivity index (χ1n) is 21.8. The van der Waals surface area contributed by atoms with E-state index < -0.39 is 90.8 Å². The van der Waals surface area contributed by atoms with Crippen LogP contribution in [0.2, 0.25) is 0 Å². The third kappa shape index (κ3) is 31.3. The van der Waals surface area contributed by atoms with Crippen LogP contribution in [0.15, 0.2) is 24.3 Å². The number of hydrogen-bond acceptors (Lipinski definition) is 14. The maximum Gasteiger partial charge on any atom is 0.472 e. The van der Waals surface area contributed by atoms with Gasteiger partial charge in [0, 0.05) is 25.2 Å². The smallest absolute Gasteiger partial charge is 0.462 e. The second-order valence-corrected chi connectivity index (χ2v) is 18.7. The fraction of sp³-hybridized carbons (Fsp3) is 0.854. The van der Waals surface area contributed by atoms with Gasteiger partial charge in [0.25, 0.3) is 0 Å². The van der Waals surface area contributed by atoms with Gasteiger partial charge < -0.3 is 49.3 Å². The van der Waals surface area contributed by atoms with Crippen LogP contribution in [0.1, 0.15) is 149 Å². The summed E-state index contributed by atoms with van der Waals surface area (Å²) in [5, 5.41) is 40.7. The highest BCUT2D eigenvalue weighted by Gasteiger charge is 2.35. The van der Waals surface area contributed by atoms with Crippen LogP contribution in [0.25, 0.3) is 0 Å². The van der Waals surface area contributed by atoms with Crippen molar-refractivity contribution in [3.05, 3.63) is 24.3 Å². The van der Waals surface area contributed by atoms with E-state index >= 15 is 0 Å².